The van der Waals surface area contributed by atoms with Gasteiger partial charge in [-0.25, -0.2) is 0 Å². The van der Waals surface area contributed by atoms with Gasteiger partial charge in [0.15, 0.2) is 0 Å². The minimum absolute atomic E-state index is 0.575. The molecule has 0 aliphatic rings. The van der Waals surface area contributed by atoms with E-state index >= 15 is 0 Å². The Balaban J connectivity index is 2.33. The van der Waals surface area contributed by atoms with E-state index in [0.717, 1.165) is 18.2 Å². The van der Waals surface area contributed by atoms with Gasteiger partial charge >= 0.3 is 0 Å². The van der Waals surface area contributed by atoms with Crippen LogP contribution in [-0.2, 0) is 6.54 Å². The molecule has 1 heterocycles. The van der Waals surface area contributed by atoms with E-state index in [0.29, 0.717) is 6.04 Å². The molecule has 2 nitrogen and oxygen atoms in total. The van der Waals surface area contributed by atoms with E-state index in [-0.39, 0.29) is 0 Å². The van der Waals surface area contributed by atoms with Crippen molar-refractivity contribution in [3.05, 3.63) is 29.6 Å². The van der Waals surface area contributed by atoms with Crippen LogP contribution in [0.15, 0.2) is 18.3 Å². The molecule has 0 radical (unpaired) electrons. The van der Waals surface area contributed by atoms with Crippen LogP contribution < -0.4 is 5.32 Å². The number of aromatic nitrogens is 1. The number of hydrogen-bond acceptors (Lipinski definition) is 2. The Labute approximate surface area is 93.1 Å². The molecule has 0 aliphatic heterocycles. The molecule has 1 unspecified atom stereocenters. The smallest absolute Gasteiger partial charge is 0.0372 e. The van der Waals surface area contributed by atoms with Crippen molar-refractivity contribution in [3.8, 4) is 0 Å². The van der Waals surface area contributed by atoms with Crippen LogP contribution >= 0.6 is 0 Å². The van der Waals surface area contributed by atoms with Gasteiger partial charge in [0.05, 0.1) is 0 Å². The molecule has 0 aromatic carbocycles. The second-order valence-corrected chi connectivity index (χ2v) is 4.72. The van der Waals surface area contributed by atoms with Gasteiger partial charge in [0.1, 0.15) is 0 Å². The summed E-state index contributed by atoms with van der Waals surface area (Å²) in [6.07, 6.45) is 3.17. The Bertz CT molecular complexity index is 277. The first kappa shape index (κ1) is 12.2. The van der Waals surface area contributed by atoms with Gasteiger partial charge in [0, 0.05) is 24.5 Å². The molecule has 0 amide bonds. The SMILES string of the molecule is Cc1ccc(CNC(C)CC(C)C)cn1. The minimum Gasteiger partial charge on any atom is -0.310 e. The van der Waals surface area contributed by atoms with Crippen molar-refractivity contribution in [1.82, 2.24) is 10.3 Å². The third kappa shape index (κ3) is 4.93. The second-order valence-electron chi connectivity index (χ2n) is 4.72. The molecule has 0 aliphatic carbocycles. The second kappa shape index (κ2) is 5.86. The van der Waals surface area contributed by atoms with Gasteiger partial charge < -0.3 is 5.32 Å². The highest BCUT2D eigenvalue weighted by molar-refractivity contribution is 5.12. The molecule has 0 saturated carbocycles. The molecule has 1 rings (SSSR count). The van der Waals surface area contributed by atoms with Crippen molar-refractivity contribution < 1.29 is 0 Å². The molecule has 1 N–H and O–H groups in total. The van der Waals surface area contributed by atoms with Crippen molar-refractivity contribution in [2.45, 2.75) is 46.7 Å². The van der Waals surface area contributed by atoms with Crippen LogP contribution in [0.4, 0.5) is 0 Å². The summed E-state index contributed by atoms with van der Waals surface area (Å²) in [6.45, 7) is 9.68. The zero-order valence-electron chi connectivity index (χ0n) is 10.2. The predicted molar refractivity (Wildman–Crippen MR) is 64.7 cm³/mol. The minimum atomic E-state index is 0.575. The van der Waals surface area contributed by atoms with Crippen LogP contribution in [0.1, 0.15) is 38.4 Å². The molecule has 1 atom stereocenters. The highest BCUT2D eigenvalue weighted by atomic mass is 14.9. The highest BCUT2D eigenvalue weighted by Crippen LogP contribution is 2.05. The summed E-state index contributed by atoms with van der Waals surface area (Å²) in [5.74, 6) is 0.753. The van der Waals surface area contributed by atoms with Crippen LogP contribution in [0.25, 0.3) is 0 Å². The largest absolute Gasteiger partial charge is 0.310 e. The van der Waals surface area contributed by atoms with Gasteiger partial charge in [-0.2, -0.15) is 0 Å². The normalized spacial score (nSPS) is 13.1. The molecule has 15 heavy (non-hydrogen) atoms. The van der Waals surface area contributed by atoms with Crippen LogP contribution in [-0.4, -0.2) is 11.0 Å². The van der Waals surface area contributed by atoms with Crippen molar-refractivity contribution in [3.63, 3.8) is 0 Å². The van der Waals surface area contributed by atoms with Gasteiger partial charge in [-0.15, -0.1) is 0 Å². The third-order valence-electron chi connectivity index (χ3n) is 2.45. The van der Waals surface area contributed by atoms with Crippen LogP contribution in [0.3, 0.4) is 0 Å². The van der Waals surface area contributed by atoms with Crippen LogP contribution in [0.2, 0.25) is 0 Å². The number of nitrogens with zero attached hydrogens (tertiary/aromatic N) is 1. The van der Waals surface area contributed by atoms with Gasteiger partial charge in [-0.1, -0.05) is 19.9 Å². The van der Waals surface area contributed by atoms with Crippen LogP contribution in [0, 0.1) is 12.8 Å². The topological polar surface area (TPSA) is 24.9 Å². The summed E-state index contributed by atoms with van der Waals surface area (Å²) in [7, 11) is 0. The fourth-order valence-electron chi connectivity index (χ4n) is 1.69. The van der Waals surface area contributed by atoms with E-state index in [1.165, 1.54) is 12.0 Å². The van der Waals surface area contributed by atoms with E-state index in [1.807, 2.05) is 13.1 Å². The third-order valence-corrected chi connectivity index (χ3v) is 2.45. The molecule has 1 aromatic rings. The number of hydrogen-bond donors (Lipinski definition) is 1. The first-order chi connectivity index (χ1) is 7.08. The summed E-state index contributed by atoms with van der Waals surface area (Å²) in [5, 5.41) is 3.51. The lowest BCUT2D eigenvalue weighted by Gasteiger charge is -2.15. The lowest BCUT2D eigenvalue weighted by molar-refractivity contribution is 0.441. The van der Waals surface area contributed by atoms with Gasteiger partial charge in [-0.3, -0.25) is 4.98 Å². The van der Waals surface area contributed by atoms with Crippen molar-refractivity contribution >= 4 is 0 Å². The number of aryl methyl sites for hydroxylation is 1. The lowest BCUT2D eigenvalue weighted by atomic mass is 10.1. The molecular formula is C13H22N2. The summed E-state index contributed by atoms with van der Waals surface area (Å²) in [4.78, 5) is 4.28. The maximum absolute atomic E-state index is 4.28. The standard InChI is InChI=1S/C13H22N2/c1-10(2)7-12(4)15-9-13-6-5-11(3)14-8-13/h5-6,8,10,12,15H,7,9H2,1-4H3. The molecule has 84 valence electrons. The Kier molecular flexibility index (Phi) is 4.76. The summed E-state index contributed by atoms with van der Waals surface area (Å²) in [6, 6.07) is 4.77. The van der Waals surface area contributed by atoms with Crippen molar-refractivity contribution in [2.75, 3.05) is 0 Å². The van der Waals surface area contributed by atoms with E-state index in [1.54, 1.807) is 0 Å². The van der Waals surface area contributed by atoms with Gasteiger partial charge in [-0.05, 0) is 37.8 Å². The molecule has 0 bridgehead atoms. The zero-order chi connectivity index (χ0) is 11.3. The fraction of sp³-hybridized carbons (Fsp3) is 0.615. The van der Waals surface area contributed by atoms with Crippen LogP contribution in [0.5, 0.6) is 0 Å². The highest BCUT2D eigenvalue weighted by Gasteiger charge is 2.03. The monoisotopic (exact) mass is 206 g/mol. The Hall–Kier alpha value is -0.890. The molecular weight excluding hydrogens is 184 g/mol. The Morgan fingerprint density at radius 2 is 2.00 bits per heavy atom. The molecule has 0 fully saturated rings. The number of pyridine rings is 1. The predicted octanol–water partition coefficient (Wildman–Crippen LogP) is 2.91. The molecule has 2 heteroatoms. The lowest BCUT2D eigenvalue weighted by Crippen LogP contribution is -2.26. The zero-order valence-corrected chi connectivity index (χ0v) is 10.2. The number of nitrogens with one attached hydrogen (secondary N) is 1. The quantitative estimate of drug-likeness (QED) is 0.801. The summed E-state index contributed by atoms with van der Waals surface area (Å²) >= 11 is 0. The van der Waals surface area contributed by atoms with E-state index in [2.05, 4.69) is 43.2 Å². The number of rotatable bonds is 5. The van der Waals surface area contributed by atoms with Gasteiger partial charge in [0.2, 0.25) is 0 Å². The van der Waals surface area contributed by atoms with E-state index < -0.39 is 0 Å². The summed E-state index contributed by atoms with van der Waals surface area (Å²) < 4.78 is 0. The maximum atomic E-state index is 4.28. The average Bonchev–Trinajstić information content (AvgIpc) is 2.16. The first-order valence-corrected chi connectivity index (χ1v) is 5.73. The van der Waals surface area contributed by atoms with E-state index in [9.17, 15) is 0 Å². The van der Waals surface area contributed by atoms with E-state index in [4.69, 9.17) is 0 Å². The fourth-order valence-corrected chi connectivity index (χ4v) is 1.69. The Morgan fingerprint density at radius 3 is 2.53 bits per heavy atom. The van der Waals surface area contributed by atoms with Crippen molar-refractivity contribution in [1.29, 1.82) is 0 Å². The van der Waals surface area contributed by atoms with Gasteiger partial charge in [0.25, 0.3) is 0 Å². The van der Waals surface area contributed by atoms with Crippen molar-refractivity contribution in [2.24, 2.45) is 5.92 Å². The average molecular weight is 206 g/mol. The molecule has 0 spiro atoms. The summed E-state index contributed by atoms with van der Waals surface area (Å²) in [5.41, 5.74) is 2.34. The Morgan fingerprint density at radius 1 is 1.27 bits per heavy atom. The maximum Gasteiger partial charge on any atom is 0.0372 e. The first-order valence-electron chi connectivity index (χ1n) is 5.73. The molecule has 1 aromatic heterocycles. The molecule has 0 saturated heterocycles.